The second-order valence-electron chi connectivity index (χ2n) is 5.38. The average Bonchev–Trinajstić information content (AvgIpc) is 3.03. The number of morpholine rings is 1. The van der Waals surface area contributed by atoms with Crippen LogP contribution in [0.2, 0.25) is 0 Å². The topological polar surface area (TPSA) is 68.4 Å². The minimum absolute atomic E-state index is 0.0568. The predicted molar refractivity (Wildman–Crippen MR) is 80.7 cm³/mol. The van der Waals surface area contributed by atoms with E-state index in [1.165, 1.54) is 15.8 Å². The highest BCUT2D eigenvalue weighted by atomic mass is 16.5. The van der Waals surface area contributed by atoms with Crippen LogP contribution in [0.25, 0.3) is 5.65 Å². The summed E-state index contributed by atoms with van der Waals surface area (Å²) in [6.45, 7) is 4.37. The molecule has 2 aromatic heterocycles. The first-order valence-corrected chi connectivity index (χ1v) is 7.29. The molecule has 3 heterocycles. The number of ether oxygens (including phenoxy) is 1. The van der Waals surface area contributed by atoms with Gasteiger partial charge in [0.25, 0.3) is 0 Å². The van der Waals surface area contributed by atoms with Crippen LogP contribution in [-0.4, -0.2) is 45.0 Å². The third kappa shape index (κ3) is 2.29. The molecule has 1 aromatic carbocycles. The van der Waals surface area contributed by atoms with Gasteiger partial charge in [0, 0.05) is 13.1 Å². The van der Waals surface area contributed by atoms with Crippen molar-refractivity contribution in [3.63, 3.8) is 0 Å². The molecule has 1 fully saturated rings. The molecule has 0 N–H and O–H groups in total. The fourth-order valence-electron chi connectivity index (χ4n) is 2.80. The van der Waals surface area contributed by atoms with Crippen molar-refractivity contribution >= 4 is 11.5 Å². The molecule has 0 aliphatic carbocycles. The van der Waals surface area contributed by atoms with Gasteiger partial charge in [0.05, 0.1) is 6.61 Å². The predicted octanol–water partition coefficient (Wildman–Crippen LogP) is 1.41. The zero-order valence-electron chi connectivity index (χ0n) is 12.3. The monoisotopic (exact) mass is 296 g/mol. The SMILES string of the molecule is Cc1ccccc1C1CN(c2ccc3nnnn3n2)CCO1. The van der Waals surface area contributed by atoms with Gasteiger partial charge in [0.15, 0.2) is 11.5 Å². The Balaban J connectivity index is 1.61. The van der Waals surface area contributed by atoms with Gasteiger partial charge in [0.1, 0.15) is 6.10 Å². The van der Waals surface area contributed by atoms with E-state index in [1.54, 1.807) is 0 Å². The van der Waals surface area contributed by atoms with Crippen molar-refractivity contribution in [2.24, 2.45) is 0 Å². The Labute approximate surface area is 127 Å². The number of rotatable bonds is 2. The van der Waals surface area contributed by atoms with Gasteiger partial charge in [-0.15, -0.1) is 14.8 Å². The highest BCUT2D eigenvalue weighted by Gasteiger charge is 2.24. The number of tetrazole rings is 1. The van der Waals surface area contributed by atoms with Gasteiger partial charge < -0.3 is 9.64 Å². The fourth-order valence-corrected chi connectivity index (χ4v) is 2.80. The van der Waals surface area contributed by atoms with Gasteiger partial charge >= 0.3 is 0 Å². The molecule has 1 aliphatic rings. The van der Waals surface area contributed by atoms with Crippen molar-refractivity contribution in [3.8, 4) is 0 Å². The number of nitrogens with zero attached hydrogens (tertiary/aromatic N) is 6. The van der Waals surface area contributed by atoms with E-state index >= 15 is 0 Å². The maximum Gasteiger partial charge on any atom is 0.200 e. The van der Waals surface area contributed by atoms with Gasteiger partial charge in [-0.05, 0) is 40.6 Å². The van der Waals surface area contributed by atoms with Crippen LogP contribution < -0.4 is 4.90 Å². The Bertz CT molecular complexity index is 801. The summed E-state index contributed by atoms with van der Waals surface area (Å²) in [5.74, 6) is 0.863. The quantitative estimate of drug-likeness (QED) is 0.712. The first kappa shape index (κ1) is 13.1. The van der Waals surface area contributed by atoms with Gasteiger partial charge in [-0.3, -0.25) is 0 Å². The lowest BCUT2D eigenvalue weighted by Gasteiger charge is -2.34. The van der Waals surface area contributed by atoms with Crippen LogP contribution >= 0.6 is 0 Å². The molecule has 0 bridgehead atoms. The number of aromatic nitrogens is 5. The van der Waals surface area contributed by atoms with E-state index in [9.17, 15) is 0 Å². The van der Waals surface area contributed by atoms with Crippen LogP contribution in [-0.2, 0) is 4.74 Å². The number of anilines is 1. The molecule has 112 valence electrons. The summed E-state index contributed by atoms with van der Waals surface area (Å²) in [4.78, 5) is 2.21. The van der Waals surface area contributed by atoms with E-state index in [-0.39, 0.29) is 6.10 Å². The van der Waals surface area contributed by atoms with Crippen molar-refractivity contribution in [2.75, 3.05) is 24.6 Å². The summed E-state index contributed by atoms with van der Waals surface area (Å²) in [5.41, 5.74) is 3.13. The van der Waals surface area contributed by atoms with E-state index < -0.39 is 0 Å². The molecule has 1 atom stereocenters. The van der Waals surface area contributed by atoms with Gasteiger partial charge in [-0.25, -0.2) is 0 Å². The summed E-state index contributed by atoms with van der Waals surface area (Å²) >= 11 is 0. The summed E-state index contributed by atoms with van der Waals surface area (Å²) in [7, 11) is 0. The standard InChI is InChI=1S/C15H16N6O/c1-11-4-2-3-5-12(11)13-10-20(8-9-22-13)15-7-6-14-16-18-19-21(14)17-15/h2-7,13H,8-10H2,1H3. The summed E-state index contributed by atoms with van der Waals surface area (Å²) in [5, 5.41) is 15.8. The third-order valence-corrected chi connectivity index (χ3v) is 3.98. The van der Waals surface area contributed by atoms with Gasteiger partial charge in [-0.2, -0.15) is 0 Å². The number of hydrogen-bond donors (Lipinski definition) is 0. The molecule has 1 unspecified atom stereocenters. The van der Waals surface area contributed by atoms with Crippen LogP contribution in [0, 0.1) is 6.92 Å². The van der Waals surface area contributed by atoms with Crippen molar-refractivity contribution in [2.45, 2.75) is 13.0 Å². The molecular formula is C15H16N6O. The average molecular weight is 296 g/mol. The Morgan fingerprint density at radius 2 is 2.09 bits per heavy atom. The molecular weight excluding hydrogens is 280 g/mol. The first-order valence-electron chi connectivity index (χ1n) is 7.29. The molecule has 7 nitrogen and oxygen atoms in total. The van der Waals surface area contributed by atoms with Crippen molar-refractivity contribution in [1.29, 1.82) is 0 Å². The fraction of sp³-hybridized carbons (Fsp3) is 0.333. The highest BCUT2D eigenvalue weighted by molar-refractivity contribution is 5.45. The lowest BCUT2D eigenvalue weighted by atomic mass is 10.0. The number of hydrogen-bond acceptors (Lipinski definition) is 6. The number of aryl methyl sites for hydroxylation is 1. The molecule has 1 aliphatic heterocycles. The van der Waals surface area contributed by atoms with E-state index in [2.05, 4.69) is 50.6 Å². The van der Waals surface area contributed by atoms with E-state index in [4.69, 9.17) is 4.74 Å². The Hall–Kier alpha value is -2.54. The zero-order valence-corrected chi connectivity index (χ0v) is 12.3. The van der Waals surface area contributed by atoms with E-state index in [1.807, 2.05) is 18.2 Å². The Morgan fingerprint density at radius 1 is 1.18 bits per heavy atom. The molecule has 4 rings (SSSR count). The van der Waals surface area contributed by atoms with Crippen LogP contribution in [0.15, 0.2) is 36.4 Å². The molecule has 0 amide bonds. The minimum atomic E-state index is 0.0568. The molecule has 3 aromatic rings. The second kappa shape index (κ2) is 5.34. The number of fused-ring (bicyclic) bond motifs is 1. The van der Waals surface area contributed by atoms with Crippen molar-refractivity contribution < 1.29 is 4.74 Å². The van der Waals surface area contributed by atoms with E-state index in [0.29, 0.717) is 12.3 Å². The Kier molecular flexibility index (Phi) is 3.19. The van der Waals surface area contributed by atoms with E-state index in [0.717, 1.165) is 18.9 Å². The maximum atomic E-state index is 5.95. The van der Waals surface area contributed by atoms with Crippen LogP contribution in [0.5, 0.6) is 0 Å². The lowest BCUT2D eigenvalue weighted by Crippen LogP contribution is -2.39. The second-order valence-corrected chi connectivity index (χ2v) is 5.38. The summed E-state index contributed by atoms with van der Waals surface area (Å²) < 4.78 is 7.40. The summed E-state index contributed by atoms with van der Waals surface area (Å²) in [6, 6.07) is 12.2. The molecule has 7 heteroatoms. The van der Waals surface area contributed by atoms with Crippen molar-refractivity contribution in [3.05, 3.63) is 47.5 Å². The lowest BCUT2D eigenvalue weighted by molar-refractivity contribution is 0.0390. The van der Waals surface area contributed by atoms with Crippen molar-refractivity contribution in [1.82, 2.24) is 25.3 Å². The first-order chi connectivity index (χ1) is 10.8. The summed E-state index contributed by atoms with van der Waals surface area (Å²) in [6.07, 6.45) is 0.0568. The minimum Gasteiger partial charge on any atom is -0.370 e. The highest BCUT2D eigenvalue weighted by Crippen LogP contribution is 2.27. The zero-order chi connectivity index (χ0) is 14.9. The maximum absolute atomic E-state index is 5.95. The van der Waals surface area contributed by atoms with Crippen LogP contribution in [0.1, 0.15) is 17.2 Å². The molecule has 1 saturated heterocycles. The number of benzene rings is 1. The molecule has 0 spiro atoms. The normalized spacial score (nSPS) is 18.8. The molecule has 22 heavy (non-hydrogen) atoms. The largest absolute Gasteiger partial charge is 0.370 e. The molecule has 0 saturated carbocycles. The smallest absolute Gasteiger partial charge is 0.200 e. The Morgan fingerprint density at radius 3 is 3.00 bits per heavy atom. The van der Waals surface area contributed by atoms with Crippen LogP contribution in [0.3, 0.4) is 0 Å². The third-order valence-electron chi connectivity index (χ3n) is 3.98. The van der Waals surface area contributed by atoms with Gasteiger partial charge in [-0.1, -0.05) is 24.3 Å². The molecule has 0 radical (unpaired) electrons. The van der Waals surface area contributed by atoms with Gasteiger partial charge in [0.2, 0.25) is 0 Å². The van der Waals surface area contributed by atoms with Crippen LogP contribution in [0.4, 0.5) is 5.82 Å².